The molecule has 1 saturated heterocycles. The van der Waals surface area contributed by atoms with Crippen molar-refractivity contribution >= 4 is 23.4 Å². The van der Waals surface area contributed by atoms with E-state index in [0.29, 0.717) is 19.4 Å². The van der Waals surface area contributed by atoms with Crippen LogP contribution in [-0.2, 0) is 19.2 Å². The Balaban J connectivity index is 2.60. The molecule has 1 aliphatic rings. The first-order valence-electron chi connectivity index (χ1n) is 7.00. The van der Waals surface area contributed by atoms with Gasteiger partial charge in [-0.3, -0.25) is 19.2 Å². The summed E-state index contributed by atoms with van der Waals surface area (Å²) in [4.78, 5) is 48.3. The summed E-state index contributed by atoms with van der Waals surface area (Å²) in [6, 6.07) is -0.707. The summed E-state index contributed by atoms with van der Waals surface area (Å²) in [5, 5.41) is 0. The quantitative estimate of drug-likeness (QED) is 0.549. The standard InChI is InChI=1S/C15H22N2O4/c1-4-15(2,3)12(19)8-7-11(18)14(21)17-9-5-6-10(17)13(16)20/h4,10H,1,5-9H2,2-3H3,(H2,16,20)/t10-/m0/s1. The van der Waals surface area contributed by atoms with Gasteiger partial charge in [-0.1, -0.05) is 6.08 Å². The maximum Gasteiger partial charge on any atom is 0.290 e. The number of primary amides is 1. The normalized spacial score (nSPS) is 18.4. The SMILES string of the molecule is C=CC(C)(C)C(=O)CCC(=O)C(=O)N1CCC[C@H]1C(N)=O. The number of Topliss-reactive ketones (excluding diaryl/α,β-unsaturated/α-hetero) is 2. The highest BCUT2D eigenvalue weighted by atomic mass is 16.2. The number of rotatable bonds is 7. The number of nitrogens with two attached hydrogens (primary N) is 1. The number of hydrogen-bond acceptors (Lipinski definition) is 4. The van der Waals surface area contributed by atoms with Crippen molar-refractivity contribution in [3.63, 3.8) is 0 Å². The van der Waals surface area contributed by atoms with E-state index in [2.05, 4.69) is 6.58 Å². The van der Waals surface area contributed by atoms with Crippen molar-refractivity contribution < 1.29 is 19.2 Å². The van der Waals surface area contributed by atoms with Crippen LogP contribution in [0, 0.1) is 5.41 Å². The Morgan fingerprint density at radius 3 is 2.43 bits per heavy atom. The van der Waals surface area contributed by atoms with Crippen LogP contribution < -0.4 is 5.73 Å². The van der Waals surface area contributed by atoms with E-state index < -0.39 is 29.1 Å². The molecule has 0 aliphatic carbocycles. The van der Waals surface area contributed by atoms with Crippen molar-refractivity contribution in [1.82, 2.24) is 4.90 Å². The van der Waals surface area contributed by atoms with Gasteiger partial charge in [-0.25, -0.2) is 0 Å². The van der Waals surface area contributed by atoms with E-state index in [4.69, 9.17) is 5.73 Å². The number of carbonyl (C=O) groups is 4. The number of likely N-dealkylation sites (tertiary alicyclic amines) is 1. The minimum absolute atomic E-state index is 0.0152. The smallest absolute Gasteiger partial charge is 0.290 e. The third kappa shape index (κ3) is 4.00. The third-order valence-corrected chi connectivity index (χ3v) is 3.89. The molecule has 6 heteroatoms. The number of ketones is 2. The van der Waals surface area contributed by atoms with Crippen molar-refractivity contribution in [3.05, 3.63) is 12.7 Å². The molecule has 0 aromatic rings. The van der Waals surface area contributed by atoms with E-state index in [1.807, 2.05) is 0 Å². The maximum absolute atomic E-state index is 12.0. The van der Waals surface area contributed by atoms with Crippen LogP contribution in [0.25, 0.3) is 0 Å². The van der Waals surface area contributed by atoms with Crippen LogP contribution in [0.15, 0.2) is 12.7 Å². The highest BCUT2D eigenvalue weighted by molar-refractivity contribution is 6.36. The lowest BCUT2D eigenvalue weighted by molar-refractivity contribution is -0.147. The molecular formula is C15H22N2O4. The largest absolute Gasteiger partial charge is 0.368 e. The topological polar surface area (TPSA) is 97.5 Å². The summed E-state index contributed by atoms with van der Waals surface area (Å²) in [6.07, 6.45) is 2.48. The first-order chi connectivity index (χ1) is 9.70. The van der Waals surface area contributed by atoms with Gasteiger partial charge in [-0.15, -0.1) is 6.58 Å². The molecule has 6 nitrogen and oxygen atoms in total. The lowest BCUT2D eigenvalue weighted by Crippen LogP contribution is -2.46. The van der Waals surface area contributed by atoms with Gasteiger partial charge in [0.15, 0.2) is 0 Å². The molecule has 1 rings (SSSR count). The Hall–Kier alpha value is -1.98. The number of hydrogen-bond donors (Lipinski definition) is 1. The van der Waals surface area contributed by atoms with Gasteiger partial charge >= 0.3 is 0 Å². The summed E-state index contributed by atoms with van der Waals surface area (Å²) in [6.45, 7) is 7.34. The summed E-state index contributed by atoms with van der Waals surface area (Å²) in [7, 11) is 0. The molecule has 0 aromatic carbocycles. The second-order valence-electron chi connectivity index (χ2n) is 5.83. The Morgan fingerprint density at radius 2 is 1.90 bits per heavy atom. The van der Waals surface area contributed by atoms with Gasteiger partial charge in [0.1, 0.15) is 11.8 Å². The molecule has 1 atom stereocenters. The van der Waals surface area contributed by atoms with Crippen LogP contribution in [0.3, 0.4) is 0 Å². The summed E-state index contributed by atoms with van der Waals surface area (Å²) < 4.78 is 0. The van der Waals surface area contributed by atoms with E-state index in [-0.39, 0.29) is 18.6 Å². The molecule has 2 N–H and O–H groups in total. The van der Waals surface area contributed by atoms with Gasteiger partial charge < -0.3 is 10.6 Å². The highest BCUT2D eigenvalue weighted by Gasteiger charge is 2.35. The van der Waals surface area contributed by atoms with Gasteiger partial charge in [0.25, 0.3) is 5.91 Å². The second kappa shape index (κ2) is 6.65. The second-order valence-corrected chi connectivity index (χ2v) is 5.83. The van der Waals surface area contributed by atoms with E-state index in [1.54, 1.807) is 13.8 Å². The third-order valence-electron chi connectivity index (χ3n) is 3.89. The minimum atomic E-state index is -0.722. The van der Waals surface area contributed by atoms with Gasteiger partial charge in [-0.05, 0) is 26.7 Å². The lowest BCUT2D eigenvalue weighted by Gasteiger charge is -2.21. The molecule has 116 valence electrons. The van der Waals surface area contributed by atoms with Crippen molar-refractivity contribution in [1.29, 1.82) is 0 Å². The molecule has 1 aliphatic heterocycles. The van der Waals surface area contributed by atoms with Crippen LogP contribution in [-0.4, -0.2) is 40.9 Å². The molecule has 0 bridgehead atoms. The Labute approximate surface area is 124 Å². The summed E-state index contributed by atoms with van der Waals surface area (Å²) in [5.41, 5.74) is 4.50. The molecule has 2 amide bonds. The van der Waals surface area contributed by atoms with E-state index in [1.165, 1.54) is 11.0 Å². The Kier molecular flexibility index (Phi) is 5.41. The van der Waals surface area contributed by atoms with Gasteiger partial charge in [0.05, 0.1) is 0 Å². The van der Waals surface area contributed by atoms with Gasteiger partial charge in [0, 0.05) is 24.8 Å². The van der Waals surface area contributed by atoms with Crippen LogP contribution >= 0.6 is 0 Å². The zero-order valence-electron chi connectivity index (χ0n) is 12.6. The van der Waals surface area contributed by atoms with E-state index in [9.17, 15) is 19.2 Å². The summed E-state index contributed by atoms with van der Waals surface area (Å²) in [5.74, 6) is -2.12. The predicted molar refractivity (Wildman–Crippen MR) is 77.2 cm³/mol. The van der Waals surface area contributed by atoms with Crippen molar-refractivity contribution in [3.8, 4) is 0 Å². The molecular weight excluding hydrogens is 272 g/mol. The van der Waals surface area contributed by atoms with Crippen LogP contribution in [0.4, 0.5) is 0 Å². The average molecular weight is 294 g/mol. The maximum atomic E-state index is 12.0. The molecule has 0 unspecified atom stereocenters. The fourth-order valence-corrected chi connectivity index (χ4v) is 2.24. The predicted octanol–water partition coefficient (Wildman–Crippen LogP) is 0.593. The molecule has 0 saturated carbocycles. The van der Waals surface area contributed by atoms with Crippen LogP contribution in [0.1, 0.15) is 39.5 Å². The Bertz CT molecular complexity index is 482. The molecule has 1 heterocycles. The fraction of sp³-hybridized carbons (Fsp3) is 0.600. The van der Waals surface area contributed by atoms with E-state index >= 15 is 0 Å². The van der Waals surface area contributed by atoms with Gasteiger partial charge in [0.2, 0.25) is 11.7 Å². The Morgan fingerprint density at radius 1 is 1.29 bits per heavy atom. The lowest BCUT2D eigenvalue weighted by atomic mass is 9.85. The van der Waals surface area contributed by atoms with Crippen molar-refractivity contribution in [2.45, 2.75) is 45.6 Å². The minimum Gasteiger partial charge on any atom is -0.368 e. The molecule has 0 aromatic heterocycles. The number of nitrogens with zero attached hydrogens (tertiary/aromatic N) is 1. The number of carbonyl (C=O) groups excluding carboxylic acids is 4. The zero-order valence-corrected chi connectivity index (χ0v) is 12.6. The van der Waals surface area contributed by atoms with E-state index in [0.717, 1.165) is 0 Å². The first-order valence-corrected chi connectivity index (χ1v) is 7.00. The van der Waals surface area contributed by atoms with Crippen molar-refractivity contribution in [2.24, 2.45) is 11.1 Å². The molecule has 21 heavy (non-hydrogen) atoms. The zero-order chi connectivity index (χ0) is 16.2. The van der Waals surface area contributed by atoms with Gasteiger partial charge in [-0.2, -0.15) is 0 Å². The number of amides is 2. The number of allylic oxidation sites excluding steroid dienone is 1. The summed E-state index contributed by atoms with van der Waals surface area (Å²) >= 11 is 0. The van der Waals surface area contributed by atoms with Crippen LogP contribution in [0.5, 0.6) is 0 Å². The van der Waals surface area contributed by atoms with Crippen molar-refractivity contribution in [2.75, 3.05) is 6.54 Å². The monoisotopic (exact) mass is 294 g/mol. The highest BCUT2D eigenvalue weighted by Crippen LogP contribution is 2.21. The molecule has 1 fully saturated rings. The average Bonchev–Trinajstić information content (AvgIpc) is 2.92. The molecule has 0 radical (unpaired) electrons. The fourth-order valence-electron chi connectivity index (χ4n) is 2.24. The molecule has 0 spiro atoms. The first kappa shape index (κ1) is 17.1. The van der Waals surface area contributed by atoms with Crippen LogP contribution in [0.2, 0.25) is 0 Å².